The smallest absolute Gasteiger partial charge is 0.411 e. The third-order valence-electron chi connectivity index (χ3n) is 1.81. The quantitative estimate of drug-likeness (QED) is 0.550. The molecular formula is C9H13F3N2O5. The van der Waals surface area contributed by atoms with Crippen LogP contribution in [0.5, 0.6) is 0 Å². The van der Waals surface area contributed by atoms with Gasteiger partial charge in [0.1, 0.15) is 19.3 Å². The topological polar surface area (TPSA) is 119 Å². The summed E-state index contributed by atoms with van der Waals surface area (Å²) < 4.78 is 39.2. The Morgan fingerprint density at radius 1 is 1.32 bits per heavy atom. The molecule has 0 saturated heterocycles. The van der Waals surface area contributed by atoms with Crippen molar-refractivity contribution in [1.82, 2.24) is 5.32 Å². The number of carbonyl (C=O) groups is 3. The van der Waals surface area contributed by atoms with Gasteiger partial charge in [0, 0.05) is 6.42 Å². The molecule has 7 nitrogen and oxygen atoms in total. The van der Waals surface area contributed by atoms with Gasteiger partial charge < -0.3 is 20.9 Å². The van der Waals surface area contributed by atoms with Crippen LogP contribution in [0.4, 0.5) is 13.2 Å². The predicted octanol–water partition coefficient (Wildman–Crippen LogP) is -0.600. The van der Waals surface area contributed by atoms with E-state index < -0.39 is 43.2 Å². The number of carboxylic acids is 1. The highest BCUT2D eigenvalue weighted by atomic mass is 19.4. The Labute approximate surface area is 105 Å². The van der Waals surface area contributed by atoms with Gasteiger partial charge in [0.2, 0.25) is 11.8 Å². The molecule has 19 heavy (non-hydrogen) atoms. The average molecular weight is 286 g/mol. The molecule has 0 aliphatic heterocycles. The first-order valence-corrected chi connectivity index (χ1v) is 5.07. The molecule has 0 saturated carbocycles. The van der Waals surface area contributed by atoms with Crippen molar-refractivity contribution in [1.29, 1.82) is 0 Å². The number of hydrogen-bond donors (Lipinski definition) is 3. The summed E-state index contributed by atoms with van der Waals surface area (Å²) in [4.78, 5) is 32.3. The number of nitrogens with two attached hydrogens (primary N) is 1. The molecule has 0 aliphatic rings. The van der Waals surface area contributed by atoms with Crippen LogP contribution in [0.2, 0.25) is 0 Å². The number of hydrogen-bond acceptors (Lipinski definition) is 4. The number of carboxylic acid groups (broad SMARTS) is 1. The third kappa shape index (κ3) is 9.83. The van der Waals surface area contributed by atoms with E-state index in [1.54, 1.807) is 0 Å². The fourth-order valence-electron chi connectivity index (χ4n) is 1.04. The highest BCUT2D eigenvalue weighted by Crippen LogP contribution is 2.14. The van der Waals surface area contributed by atoms with Crippen LogP contribution >= 0.6 is 0 Å². The van der Waals surface area contributed by atoms with Gasteiger partial charge in [0.25, 0.3) is 0 Å². The molecule has 10 heteroatoms. The molecule has 110 valence electrons. The Balaban J connectivity index is 4.10. The first kappa shape index (κ1) is 17.2. The van der Waals surface area contributed by atoms with E-state index in [9.17, 15) is 27.6 Å². The molecule has 0 aromatic heterocycles. The monoisotopic (exact) mass is 286 g/mol. The van der Waals surface area contributed by atoms with Crippen molar-refractivity contribution in [2.75, 3.05) is 13.2 Å². The SMILES string of the molecule is NC(=O)CCC(NC(=O)COCC(F)(F)F)C(=O)O. The number of ether oxygens (including phenoxy) is 1. The fourth-order valence-corrected chi connectivity index (χ4v) is 1.04. The molecule has 4 N–H and O–H groups in total. The summed E-state index contributed by atoms with van der Waals surface area (Å²) >= 11 is 0. The number of nitrogens with one attached hydrogen (secondary N) is 1. The summed E-state index contributed by atoms with van der Waals surface area (Å²) in [7, 11) is 0. The van der Waals surface area contributed by atoms with Crippen LogP contribution in [0.3, 0.4) is 0 Å². The molecule has 0 fully saturated rings. The maximum absolute atomic E-state index is 11.7. The van der Waals surface area contributed by atoms with E-state index in [-0.39, 0.29) is 12.8 Å². The third-order valence-corrected chi connectivity index (χ3v) is 1.81. The Bertz CT molecular complexity index is 345. The standard InChI is InChI=1S/C9H13F3N2O5/c10-9(11,12)4-19-3-7(16)14-5(8(17)18)1-2-6(13)15/h5H,1-4H2,(H2,13,15)(H,14,16)(H,17,18). The predicted molar refractivity (Wildman–Crippen MR) is 54.9 cm³/mol. The maximum atomic E-state index is 11.7. The number of aliphatic carboxylic acids is 1. The molecule has 0 bridgehead atoms. The molecule has 0 spiro atoms. The van der Waals surface area contributed by atoms with Crippen LogP contribution in [0.1, 0.15) is 12.8 Å². The van der Waals surface area contributed by atoms with Gasteiger partial charge in [-0.2, -0.15) is 13.2 Å². The van der Waals surface area contributed by atoms with E-state index in [1.807, 2.05) is 5.32 Å². The van der Waals surface area contributed by atoms with Gasteiger partial charge in [-0.3, -0.25) is 9.59 Å². The van der Waals surface area contributed by atoms with Crippen molar-refractivity contribution in [3.8, 4) is 0 Å². The Morgan fingerprint density at radius 2 is 1.89 bits per heavy atom. The second-order valence-electron chi connectivity index (χ2n) is 3.57. The second kappa shape index (κ2) is 7.56. The van der Waals surface area contributed by atoms with Crippen LogP contribution in [-0.4, -0.2) is 48.3 Å². The van der Waals surface area contributed by atoms with E-state index >= 15 is 0 Å². The normalized spacial score (nSPS) is 12.8. The molecule has 0 aromatic rings. The van der Waals surface area contributed by atoms with Gasteiger partial charge in [-0.05, 0) is 6.42 Å². The van der Waals surface area contributed by atoms with E-state index in [0.29, 0.717) is 0 Å². The number of carbonyl (C=O) groups excluding carboxylic acids is 2. The number of halogens is 3. The van der Waals surface area contributed by atoms with Gasteiger partial charge in [-0.1, -0.05) is 0 Å². The van der Waals surface area contributed by atoms with E-state index in [2.05, 4.69) is 4.74 Å². The molecule has 0 aliphatic carbocycles. The molecule has 0 heterocycles. The lowest BCUT2D eigenvalue weighted by molar-refractivity contribution is -0.176. The molecule has 1 atom stereocenters. The van der Waals surface area contributed by atoms with Gasteiger partial charge in [-0.15, -0.1) is 0 Å². The Hall–Kier alpha value is -1.84. The first-order valence-electron chi connectivity index (χ1n) is 5.07. The van der Waals surface area contributed by atoms with Crippen molar-refractivity contribution in [2.24, 2.45) is 5.73 Å². The van der Waals surface area contributed by atoms with Crippen molar-refractivity contribution in [3.63, 3.8) is 0 Å². The molecule has 2 amide bonds. The maximum Gasteiger partial charge on any atom is 0.411 e. The van der Waals surface area contributed by atoms with Crippen LogP contribution < -0.4 is 11.1 Å². The van der Waals surface area contributed by atoms with Crippen LogP contribution in [0.25, 0.3) is 0 Å². The van der Waals surface area contributed by atoms with Crippen LogP contribution in [-0.2, 0) is 19.1 Å². The van der Waals surface area contributed by atoms with Gasteiger partial charge in [-0.25, -0.2) is 4.79 Å². The first-order chi connectivity index (χ1) is 8.61. The second-order valence-corrected chi connectivity index (χ2v) is 3.57. The largest absolute Gasteiger partial charge is 0.480 e. The summed E-state index contributed by atoms with van der Waals surface area (Å²) in [6.07, 6.45) is -5.10. The lowest BCUT2D eigenvalue weighted by atomic mass is 10.1. The summed E-state index contributed by atoms with van der Waals surface area (Å²) in [6, 6.07) is -1.41. The highest BCUT2D eigenvalue weighted by molar-refractivity contribution is 5.84. The Kier molecular flexibility index (Phi) is 6.83. The number of alkyl halides is 3. The minimum Gasteiger partial charge on any atom is -0.480 e. The van der Waals surface area contributed by atoms with Gasteiger partial charge >= 0.3 is 12.1 Å². The van der Waals surface area contributed by atoms with Crippen molar-refractivity contribution in [3.05, 3.63) is 0 Å². The van der Waals surface area contributed by atoms with Crippen LogP contribution in [0.15, 0.2) is 0 Å². The zero-order valence-electron chi connectivity index (χ0n) is 9.70. The van der Waals surface area contributed by atoms with E-state index in [4.69, 9.17) is 10.8 Å². The number of primary amides is 1. The minimum atomic E-state index is -4.57. The summed E-state index contributed by atoms with van der Waals surface area (Å²) in [5, 5.41) is 10.6. The summed E-state index contributed by atoms with van der Waals surface area (Å²) in [6.45, 7) is -2.54. The van der Waals surface area contributed by atoms with Crippen molar-refractivity contribution >= 4 is 17.8 Å². The molecule has 1 unspecified atom stereocenters. The van der Waals surface area contributed by atoms with Gasteiger partial charge in [0.05, 0.1) is 0 Å². The lowest BCUT2D eigenvalue weighted by Gasteiger charge is -2.14. The van der Waals surface area contributed by atoms with Crippen molar-refractivity contribution in [2.45, 2.75) is 25.1 Å². The fraction of sp³-hybridized carbons (Fsp3) is 0.667. The van der Waals surface area contributed by atoms with E-state index in [1.165, 1.54) is 0 Å². The van der Waals surface area contributed by atoms with Gasteiger partial charge in [0.15, 0.2) is 0 Å². The summed E-state index contributed by atoms with van der Waals surface area (Å²) in [5.74, 6) is -3.21. The molecule has 0 rings (SSSR count). The highest BCUT2D eigenvalue weighted by Gasteiger charge is 2.28. The molecule has 0 aromatic carbocycles. The number of rotatable bonds is 8. The minimum absolute atomic E-state index is 0.254. The van der Waals surface area contributed by atoms with E-state index in [0.717, 1.165) is 0 Å². The number of amides is 2. The molecular weight excluding hydrogens is 273 g/mol. The molecule has 0 radical (unpaired) electrons. The Morgan fingerprint density at radius 3 is 2.32 bits per heavy atom. The average Bonchev–Trinajstić information content (AvgIpc) is 2.21. The lowest BCUT2D eigenvalue weighted by Crippen LogP contribution is -2.43. The zero-order chi connectivity index (χ0) is 15.1. The van der Waals surface area contributed by atoms with Crippen LogP contribution in [0, 0.1) is 0 Å². The van der Waals surface area contributed by atoms with Crippen molar-refractivity contribution < 1.29 is 37.4 Å². The zero-order valence-corrected chi connectivity index (χ0v) is 9.70. The summed E-state index contributed by atoms with van der Waals surface area (Å²) in [5.41, 5.74) is 4.81.